The lowest BCUT2D eigenvalue weighted by Crippen LogP contribution is -2.20. The Hall–Kier alpha value is -0.0900. The maximum atomic E-state index is 8.67. The summed E-state index contributed by atoms with van der Waals surface area (Å²) in [5, 5.41) is 81.7. The van der Waals surface area contributed by atoms with Crippen molar-refractivity contribution < 1.29 is 55.8 Å². The number of aliphatic hydroxyl groups excluding tert-OH is 10. The highest BCUT2D eigenvalue weighted by Crippen LogP contribution is 2.13. The third-order valence-electron chi connectivity index (χ3n) is 6.88. The van der Waals surface area contributed by atoms with Crippen LogP contribution in [-0.2, 0) is 4.74 Å². The van der Waals surface area contributed by atoms with Gasteiger partial charge in [0.25, 0.3) is 0 Å². The SMILES string of the molecule is CC(C)(CO)CO.CCCCCCCCCCCCCCCCCCO.CO.OCCCCCCO.OCCOCCO.OCCSCCO. The van der Waals surface area contributed by atoms with Gasteiger partial charge in [0.1, 0.15) is 0 Å². The van der Waals surface area contributed by atoms with Gasteiger partial charge in [-0.25, -0.2) is 0 Å². The van der Waals surface area contributed by atoms with Crippen LogP contribution in [0, 0.1) is 5.41 Å². The fourth-order valence-corrected chi connectivity index (χ4v) is 4.21. The molecule has 0 bridgehead atoms. The standard InChI is InChI=1S/C18H38O.C6H14O2.C5H12O2.C4H10O3.C4H10O2S.CH4O/c1-2-3-4-5-6-7-8-9-10-11-12-13-14-15-16-17-18-19;7-5-3-1-2-4-6-8;1-5(2,3-6)4-7;2*5-1-3-7-4-2-6;1-2/h19H,2-18H2,1H3;7-8H,1-6H2;6-7H,3-4H2,1-2H3;2*5-6H,1-4H2;2H,1H3. The van der Waals surface area contributed by atoms with Gasteiger partial charge in [0.2, 0.25) is 0 Å². The van der Waals surface area contributed by atoms with Crippen molar-refractivity contribution >= 4 is 11.8 Å². The Labute approximate surface area is 312 Å². The third kappa shape index (κ3) is 86.5. The molecule has 0 saturated heterocycles. The molecule has 0 atom stereocenters. The van der Waals surface area contributed by atoms with E-state index in [1.54, 1.807) is 25.6 Å². The molecular formula is C38H88O11S. The molecule has 0 aromatic heterocycles. The molecule has 0 radical (unpaired) electrons. The number of ether oxygens (including phenoxy) is 1. The molecule has 50 heavy (non-hydrogen) atoms. The van der Waals surface area contributed by atoms with Crippen molar-refractivity contribution in [2.45, 2.75) is 149 Å². The van der Waals surface area contributed by atoms with E-state index in [9.17, 15) is 0 Å². The second-order valence-electron chi connectivity index (χ2n) is 12.5. The molecule has 312 valence electrons. The topological polar surface area (TPSA) is 212 Å². The molecule has 0 aliphatic carbocycles. The quantitative estimate of drug-likeness (QED) is 0.0421. The number of thioether (sulfide) groups is 1. The highest BCUT2D eigenvalue weighted by Gasteiger charge is 2.13. The fraction of sp³-hybridized carbons (Fsp3) is 1.00. The van der Waals surface area contributed by atoms with Crippen molar-refractivity contribution in [3.63, 3.8) is 0 Å². The number of hydrogen-bond acceptors (Lipinski definition) is 12. The maximum Gasteiger partial charge on any atom is 0.0698 e. The van der Waals surface area contributed by atoms with Gasteiger partial charge in [-0.2, -0.15) is 11.8 Å². The summed E-state index contributed by atoms with van der Waals surface area (Å²) >= 11 is 1.55. The minimum atomic E-state index is -0.306. The Kier molecular flexibility index (Phi) is 83.1. The normalized spacial score (nSPS) is 10.2. The Morgan fingerprint density at radius 2 is 0.640 bits per heavy atom. The molecule has 0 heterocycles. The highest BCUT2D eigenvalue weighted by molar-refractivity contribution is 7.99. The van der Waals surface area contributed by atoms with Crippen molar-refractivity contribution in [3.05, 3.63) is 0 Å². The molecule has 0 rings (SSSR count). The van der Waals surface area contributed by atoms with Gasteiger partial charge in [0, 0.05) is 43.9 Å². The smallest absolute Gasteiger partial charge is 0.0698 e. The van der Waals surface area contributed by atoms with E-state index in [0.29, 0.717) is 19.8 Å². The summed E-state index contributed by atoms with van der Waals surface area (Å²) in [5.41, 5.74) is -0.306. The molecule has 0 saturated carbocycles. The van der Waals surface area contributed by atoms with Gasteiger partial charge in [-0.1, -0.05) is 130 Å². The zero-order valence-electron chi connectivity index (χ0n) is 33.1. The van der Waals surface area contributed by atoms with E-state index >= 15 is 0 Å². The van der Waals surface area contributed by atoms with Gasteiger partial charge in [-0.05, 0) is 19.3 Å². The minimum absolute atomic E-state index is 0.0278. The van der Waals surface area contributed by atoms with Gasteiger partial charge < -0.3 is 55.8 Å². The zero-order chi connectivity index (χ0) is 39.2. The van der Waals surface area contributed by atoms with E-state index in [2.05, 4.69) is 11.7 Å². The average Bonchev–Trinajstić information content (AvgIpc) is 3.14. The van der Waals surface area contributed by atoms with Gasteiger partial charge >= 0.3 is 0 Å². The molecule has 11 nitrogen and oxygen atoms in total. The van der Waals surface area contributed by atoms with Gasteiger partial charge in [0.15, 0.2) is 0 Å². The van der Waals surface area contributed by atoms with Crippen LogP contribution < -0.4 is 0 Å². The van der Waals surface area contributed by atoms with Crippen molar-refractivity contribution in [1.29, 1.82) is 0 Å². The Bertz CT molecular complexity index is 434. The van der Waals surface area contributed by atoms with Crippen LogP contribution >= 0.6 is 11.8 Å². The first-order valence-electron chi connectivity index (χ1n) is 19.4. The highest BCUT2D eigenvalue weighted by atomic mass is 32.2. The summed E-state index contributed by atoms with van der Waals surface area (Å²) in [6.45, 7) is 8.03. The molecule has 0 fully saturated rings. The lowest BCUT2D eigenvalue weighted by atomic mass is 9.97. The van der Waals surface area contributed by atoms with Gasteiger partial charge in [0.05, 0.1) is 52.9 Å². The van der Waals surface area contributed by atoms with E-state index in [0.717, 1.165) is 50.7 Å². The molecular weight excluding hydrogens is 664 g/mol. The van der Waals surface area contributed by atoms with E-state index < -0.39 is 0 Å². The van der Waals surface area contributed by atoms with Crippen LogP contribution in [0.15, 0.2) is 0 Å². The van der Waals surface area contributed by atoms with Crippen molar-refractivity contribution in [1.82, 2.24) is 0 Å². The molecule has 0 aromatic rings. The van der Waals surface area contributed by atoms with Crippen LogP contribution in [0.2, 0.25) is 0 Å². The van der Waals surface area contributed by atoms with Crippen LogP contribution in [0.4, 0.5) is 0 Å². The third-order valence-corrected chi connectivity index (χ3v) is 7.82. The van der Waals surface area contributed by atoms with Crippen molar-refractivity contribution in [2.24, 2.45) is 5.41 Å². The molecule has 0 aliphatic rings. The molecule has 12 heteroatoms. The molecule has 0 unspecified atom stereocenters. The van der Waals surface area contributed by atoms with Crippen LogP contribution in [0.5, 0.6) is 0 Å². The van der Waals surface area contributed by atoms with E-state index in [-0.39, 0.29) is 58.3 Å². The summed E-state index contributed by atoms with van der Waals surface area (Å²) in [4.78, 5) is 0. The van der Waals surface area contributed by atoms with Gasteiger partial charge in [-0.15, -0.1) is 0 Å². The Morgan fingerprint density at radius 1 is 0.380 bits per heavy atom. The summed E-state index contributed by atoms with van der Waals surface area (Å²) < 4.78 is 4.63. The molecule has 0 aromatic carbocycles. The fourth-order valence-electron chi connectivity index (χ4n) is 3.75. The first-order valence-corrected chi connectivity index (χ1v) is 20.5. The van der Waals surface area contributed by atoms with Crippen LogP contribution in [-0.4, -0.2) is 142 Å². The number of hydrogen-bond donors (Lipinski definition) is 10. The maximum absolute atomic E-state index is 8.67. The monoisotopic (exact) mass is 753 g/mol. The summed E-state index contributed by atoms with van der Waals surface area (Å²) in [5.74, 6) is 1.47. The van der Waals surface area contributed by atoms with E-state index in [1.165, 1.54) is 96.3 Å². The summed E-state index contributed by atoms with van der Waals surface area (Å²) in [6, 6.07) is 0. The predicted molar refractivity (Wildman–Crippen MR) is 212 cm³/mol. The Morgan fingerprint density at radius 3 is 0.820 bits per heavy atom. The number of aliphatic hydroxyl groups is 10. The lowest BCUT2D eigenvalue weighted by molar-refractivity contribution is 0.0650. The second-order valence-corrected chi connectivity index (χ2v) is 13.7. The van der Waals surface area contributed by atoms with Crippen LogP contribution in [0.1, 0.15) is 149 Å². The molecule has 10 N–H and O–H groups in total. The lowest BCUT2D eigenvalue weighted by Gasteiger charge is -2.16. The van der Waals surface area contributed by atoms with Crippen LogP contribution in [0.3, 0.4) is 0 Å². The average molecular weight is 753 g/mol. The van der Waals surface area contributed by atoms with E-state index in [1.807, 2.05) is 0 Å². The van der Waals surface area contributed by atoms with E-state index in [4.69, 9.17) is 51.1 Å². The minimum Gasteiger partial charge on any atom is -0.400 e. The zero-order valence-corrected chi connectivity index (χ0v) is 33.9. The largest absolute Gasteiger partial charge is 0.400 e. The van der Waals surface area contributed by atoms with Gasteiger partial charge in [-0.3, -0.25) is 0 Å². The summed E-state index contributed by atoms with van der Waals surface area (Å²) in [6.07, 6.45) is 26.0. The Balaban J connectivity index is -0.000000131. The van der Waals surface area contributed by atoms with Crippen molar-refractivity contribution in [2.75, 3.05) is 91.3 Å². The number of rotatable bonds is 31. The molecule has 0 amide bonds. The first-order chi connectivity index (χ1) is 24.3. The predicted octanol–water partition coefficient (Wildman–Crippen LogP) is 5.07. The first kappa shape index (κ1) is 61.9. The van der Waals surface area contributed by atoms with Crippen LogP contribution in [0.25, 0.3) is 0 Å². The molecule has 0 aliphatic heterocycles. The number of unbranched alkanes of at least 4 members (excludes halogenated alkanes) is 18. The van der Waals surface area contributed by atoms with Crippen molar-refractivity contribution in [3.8, 4) is 0 Å². The molecule has 0 spiro atoms. The summed E-state index contributed by atoms with van der Waals surface area (Å²) in [7, 11) is 1.00. The second kappa shape index (κ2) is 67.1.